The SMILES string of the molecule is Cc1cnccc1NS(=O)(=O)Cc1ccccc1C(N)=S. The number of aromatic nitrogens is 1. The van der Waals surface area contributed by atoms with Gasteiger partial charge in [-0.05, 0) is 24.1 Å². The first kappa shape index (κ1) is 15.4. The number of sulfonamides is 1. The Morgan fingerprint density at radius 1 is 1.33 bits per heavy atom. The fraction of sp³-hybridized carbons (Fsp3) is 0.143. The molecule has 1 aromatic carbocycles. The van der Waals surface area contributed by atoms with Crippen molar-refractivity contribution in [1.29, 1.82) is 0 Å². The molecule has 0 aliphatic rings. The van der Waals surface area contributed by atoms with E-state index in [1.807, 2.05) is 0 Å². The summed E-state index contributed by atoms with van der Waals surface area (Å²) in [5, 5.41) is 0. The predicted molar refractivity (Wildman–Crippen MR) is 87.5 cm³/mol. The van der Waals surface area contributed by atoms with E-state index >= 15 is 0 Å². The van der Waals surface area contributed by atoms with Crippen LogP contribution in [-0.2, 0) is 15.8 Å². The van der Waals surface area contributed by atoms with Gasteiger partial charge < -0.3 is 5.73 Å². The molecule has 1 aromatic heterocycles. The van der Waals surface area contributed by atoms with Gasteiger partial charge in [-0.15, -0.1) is 0 Å². The van der Waals surface area contributed by atoms with Gasteiger partial charge in [-0.1, -0.05) is 36.5 Å². The third-order valence-corrected chi connectivity index (χ3v) is 4.36. The average molecular weight is 321 g/mol. The Hall–Kier alpha value is -1.99. The van der Waals surface area contributed by atoms with E-state index in [2.05, 4.69) is 9.71 Å². The van der Waals surface area contributed by atoms with Crippen molar-refractivity contribution < 1.29 is 8.42 Å². The molecule has 7 heteroatoms. The van der Waals surface area contributed by atoms with Crippen LogP contribution in [0.3, 0.4) is 0 Å². The third kappa shape index (κ3) is 3.99. The van der Waals surface area contributed by atoms with Gasteiger partial charge in [0.2, 0.25) is 10.0 Å². The summed E-state index contributed by atoms with van der Waals surface area (Å²) >= 11 is 4.94. The molecule has 3 N–H and O–H groups in total. The Bertz CT molecular complexity index is 773. The summed E-state index contributed by atoms with van der Waals surface area (Å²) in [5.41, 5.74) is 8.03. The average Bonchev–Trinajstić information content (AvgIpc) is 2.41. The van der Waals surface area contributed by atoms with Gasteiger partial charge in [-0.25, -0.2) is 8.42 Å². The van der Waals surface area contributed by atoms with Crippen LogP contribution in [-0.4, -0.2) is 18.4 Å². The van der Waals surface area contributed by atoms with Crippen molar-refractivity contribution in [2.45, 2.75) is 12.7 Å². The first-order valence-electron chi connectivity index (χ1n) is 6.18. The molecular weight excluding hydrogens is 306 g/mol. The number of nitrogens with two attached hydrogens (primary N) is 1. The first-order chi connectivity index (χ1) is 9.89. The van der Waals surface area contributed by atoms with Crippen molar-refractivity contribution in [2.24, 2.45) is 5.73 Å². The van der Waals surface area contributed by atoms with Crippen molar-refractivity contribution in [3.8, 4) is 0 Å². The smallest absolute Gasteiger partial charge is 0.236 e. The largest absolute Gasteiger partial charge is 0.389 e. The summed E-state index contributed by atoms with van der Waals surface area (Å²) < 4.78 is 27.1. The number of hydrogen-bond acceptors (Lipinski definition) is 4. The van der Waals surface area contributed by atoms with Crippen molar-refractivity contribution in [2.75, 3.05) is 4.72 Å². The number of nitrogens with one attached hydrogen (secondary N) is 1. The highest BCUT2D eigenvalue weighted by Crippen LogP contribution is 2.17. The lowest BCUT2D eigenvalue weighted by Crippen LogP contribution is -2.19. The zero-order chi connectivity index (χ0) is 15.5. The molecule has 110 valence electrons. The Balaban J connectivity index is 2.27. The van der Waals surface area contributed by atoms with E-state index < -0.39 is 10.0 Å². The van der Waals surface area contributed by atoms with E-state index in [9.17, 15) is 8.42 Å². The summed E-state index contributed by atoms with van der Waals surface area (Å²) in [7, 11) is -3.56. The van der Waals surface area contributed by atoms with Crippen LogP contribution < -0.4 is 10.5 Å². The summed E-state index contributed by atoms with van der Waals surface area (Å²) in [4.78, 5) is 4.11. The van der Waals surface area contributed by atoms with E-state index in [4.69, 9.17) is 18.0 Å². The molecule has 0 radical (unpaired) electrons. The lowest BCUT2D eigenvalue weighted by atomic mass is 10.1. The van der Waals surface area contributed by atoms with E-state index in [-0.39, 0.29) is 10.7 Å². The fourth-order valence-corrected chi connectivity index (χ4v) is 3.38. The molecule has 1 heterocycles. The van der Waals surface area contributed by atoms with Gasteiger partial charge in [0.15, 0.2) is 0 Å². The molecule has 0 fully saturated rings. The van der Waals surface area contributed by atoms with Crippen molar-refractivity contribution in [3.05, 3.63) is 59.4 Å². The van der Waals surface area contributed by atoms with Crippen LogP contribution in [0.4, 0.5) is 5.69 Å². The summed E-state index contributed by atoms with van der Waals surface area (Å²) in [5.74, 6) is -0.192. The molecule has 0 bridgehead atoms. The van der Waals surface area contributed by atoms with Crippen LogP contribution in [0.15, 0.2) is 42.7 Å². The highest BCUT2D eigenvalue weighted by Gasteiger charge is 2.16. The lowest BCUT2D eigenvalue weighted by molar-refractivity contribution is 0.600. The van der Waals surface area contributed by atoms with Gasteiger partial charge in [0.1, 0.15) is 4.99 Å². The molecule has 2 aromatic rings. The number of nitrogens with zero attached hydrogens (tertiary/aromatic N) is 1. The van der Waals surface area contributed by atoms with Gasteiger partial charge in [-0.3, -0.25) is 9.71 Å². The molecule has 0 unspecified atom stereocenters. The summed E-state index contributed by atoms with van der Waals surface area (Å²) in [6.07, 6.45) is 3.13. The normalized spacial score (nSPS) is 11.1. The van der Waals surface area contributed by atoms with Crippen molar-refractivity contribution >= 4 is 32.9 Å². The minimum Gasteiger partial charge on any atom is -0.389 e. The number of thiocarbonyl (C=S) groups is 1. The summed E-state index contributed by atoms with van der Waals surface area (Å²) in [6.45, 7) is 1.79. The molecule has 0 spiro atoms. The second-order valence-corrected chi connectivity index (χ2v) is 6.74. The van der Waals surface area contributed by atoms with Gasteiger partial charge in [-0.2, -0.15) is 0 Å². The molecular formula is C14H15N3O2S2. The number of benzene rings is 1. The Morgan fingerprint density at radius 3 is 2.71 bits per heavy atom. The topological polar surface area (TPSA) is 85.1 Å². The van der Waals surface area contributed by atoms with Crippen LogP contribution in [0.5, 0.6) is 0 Å². The van der Waals surface area contributed by atoms with Gasteiger partial charge in [0.25, 0.3) is 0 Å². The van der Waals surface area contributed by atoms with Crippen LogP contribution in [0.2, 0.25) is 0 Å². The lowest BCUT2D eigenvalue weighted by Gasteiger charge is -2.12. The number of aryl methyl sites for hydroxylation is 1. The molecule has 0 aliphatic heterocycles. The molecule has 0 saturated carbocycles. The number of rotatable bonds is 5. The van der Waals surface area contributed by atoms with Gasteiger partial charge >= 0.3 is 0 Å². The Morgan fingerprint density at radius 2 is 2.05 bits per heavy atom. The minimum absolute atomic E-state index is 0.181. The number of anilines is 1. The van der Waals surface area contributed by atoms with Crippen LogP contribution in [0.25, 0.3) is 0 Å². The maximum absolute atomic E-state index is 12.3. The third-order valence-electron chi connectivity index (χ3n) is 2.91. The molecule has 21 heavy (non-hydrogen) atoms. The Labute approximate surface area is 129 Å². The standard InChI is InChI=1S/C14H15N3O2S2/c1-10-8-16-7-6-13(10)17-21(18,19)9-11-4-2-3-5-12(11)14(15)20/h2-8H,9H2,1H3,(H2,15,20)(H,16,17). The zero-order valence-electron chi connectivity index (χ0n) is 11.4. The second kappa shape index (κ2) is 6.19. The van der Waals surface area contributed by atoms with E-state index in [0.29, 0.717) is 16.8 Å². The number of pyridine rings is 1. The predicted octanol–water partition coefficient (Wildman–Crippen LogP) is 1.97. The van der Waals surface area contributed by atoms with E-state index in [1.165, 1.54) is 6.20 Å². The monoisotopic (exact) mass is 321 g/mol. The number of hydrogen-bond donors (Lipinski definition) is 2. The molecule has 0 aliphatic carbocycles. The fourth-order valence-electron chi connectivity index (χ4n) is 1.88. The van der Waals surface area contributed by atoms with Crippen LogP contribution >= 0.6 is 12.2 Å². The van der Waals surface area contributed by atoms with Gasteiger partial charge in [0.05, 0.1) is 11.4 Å². The first-order valence-corrected chi connectivity index (χ1v) is 8.24. The molecule has 0 atom stereocenters. The van der Waals surface area contributed by atoms with Crippen molar-refractivity contribution in [1.82, 2.24) is 4.98 Å². The van der Waals surface area contributed by atoms with Crippen LogP contribution in [0, 0.1) is 6.92 Å². The highest BCUT2D eigenvalue weighted by molar-refractivity contribution is 7.91. The molecule has 0 saturated heterocycles. The van der Waals surface area contributed by atoms with E-state index in [0.717, 1.165) is 5.56 Å². The molecule has 2 rings (SSSR count). The molecule has 5 nitrogen and oxygen atoms in total. The zero-order valence-corrected chi connectivity index (χ0v) is 13.0. The maximum atomic E-state index is 12.3. The van der Waals surface area contributed by atoms with Crippen molar-refractivity contribution in [3.63, 3.8) is 0 Å². The minimum atomic E-state index is -3.56. The van der Waals surface area contributed by atoms with Crippen LogP contribution in [0.1, 0.15) is 16.7 Å². The quantitative estimate of drug-likeness (QED) is 0.822. The van der Waals surface area contributed by atoms with Gasteiger partial charge in [0, 0.05) is 18.0 Å². The Kier molecular flexibility index (Phi) is 4.54. The summed E-state index contributed by atoms with van der Waals surface area (Å²) in [6, 6.07) is 8.56. The maximum Gasteiger partial charge on any atom is 0.236 e. The second-order valence-electron chi connectivity index (χ2n) is 4.57. The highest BCUT2D eigenvalue weighted by atomic mass is 32.2. The van der Waals surface area contributed by atoms with E-state index in [1.54, 1.807) is 43.5 Å². The molecule has 0 amide bonds.